The zero-order chi connectivity index (χ0) is 25.4. The number of H-pyrrole nitrogens is 2. The van der Waals surface area contributed by atoms with Gasteiger partial charge in [0.15, 0.2) is 5.78 Å². The molecule has 180 valence electrons. The van der Waals surface area contributed by atoms with Gasteiger partial charge in [0, 0.05) is 28.9 Å². The van der Waals surface area contributed by atoms with Crippen LogP contribution in [0.25, 0.3) is 22.4 Å². The highest BCUT2D eigenvalue weighted by atomic mass is 35.5. The number of nitrogens with zero attached hydrogens (tertiary/aromatic N) is 1. The van der Waals surface area contributed by atoms with Crippen molar-refractivity contribution in [2.75, 3.05) is 0 Å². The Labute approximate surface area is 217 Å². The van der Waals surface area contributed by atoms with Crippen LogP contribution in [0.4, 0.5) is 0 Å². The van der Waals surface area contributed by atoms with E-state index in [1.165, 1.54) is 0 Å². The molecule has 36 heavy (non-hydrogen) atoms. The lowest BCUT2D eigenvalue weighted by molar-refractivity contribution is 0.0945. The van der Waals surface area contributed by atoms with Gasteiger partial charge in [0.1, 0.15) is 11.5 Å². The van der Waals surface area contributed by atoms with Gasteiger partial charge in [-0.25, -0.2) is 4.98 Å². The Morgan fingerprint density at radius 3 is 2.42 bits per heavy atom. The number of carbonyl (C=O) groups is 2. The van der Waals surface area contributed by atoms with Gasteiger partial charge in [0.05, 0.1) is 21.1 Å². The first-order chi connectivity index (χ1) is 17.3. The normalized spacial score (nSPS) is 11.1. The number of ketones is 1. The first kappa shape index (κ1) is 23.9. The van der Waals surface area contributed by atoms with Crippen molar-refractivity contribution >= 4 is 45.9 Å². The molecule has 0 fully saturated rings. The molecule has 6 nitrogen and oxygen atoms in total. The number of aromatic nitrogens is 3. The summed E-state index contributed by atoms with van der Waals surface area (Å²) in [5, 5.41) is 3.82. The number of aryl methyl sites for hydroxylation is 1. The minimum absolute atomic E-state index is 0.0522. The van der Waals surface area contributed by atoms with Gasteiger partial charge in [0.2, 0.25) is 0 Å². The molecule has 0 atom stereocenters. The maximum atomic E-state index is 12.9. The molecule has 1 amide bonds. The van der Waals surface area contributed by atoms with E-state index in [4.69, 9.17) is 28.2 Å². The van der Waals surface area contributed by atoms with Gasteiger partial charge < -0.3 is 15.3 Å². The van der Waals surface area contributed by atoms with E-state index in [9.17, 15) is 9.59 Å². The van der Waals surface area contributed by atoms with Crippen LogP contribution in [-0.2, 0) is 6.54 Å². The summed E-state index contributed by atoms with van der Waals surface area (Å²) in [4.78, 5) is 37.0. The molecule has 0 aliphatic carbocycles. The van der Waals surface area contributed by atoms with Crippen LogP contribution >= 0.6 is 23.2 Å². The van der Waals surface area contributed by atoms with E-state index in [-0.39, 0.29) is 11.7 Å². The first-order valence-electron chi connectivity index (χ1n) is 11.3. The van der Waals surface area contributed by atoms with E-state index in [1.807, 2.05) is 50.2 Å². The Kier molecular flexibility index (Phi) is 6.39. The van der Waals surface area contributed by atoms with Gasteiger partial charge >= 0.3 is 0 Å². The predicted molar refractivity (Wildman–Crippen MR) is 143 cm³/mol. The number of aromatic amines is 2. The monoisotopic (exact) mass is 516 g/mol. The number of halogens is 2. The Balaban J connectivity index is 1.40. The van der Waals surface area contributed by atoms with Gasteiger partial charge in [-0.1, -0.05) is 59.6 Å². The third kappa shape index (κ3) is 4.53. The van der Waals surface area contributed by atoms with Crippen LogP contribution in [0.15, 0.2) is 66.7 Å². The van der Waals surface area contributed by atoms with Crippen molar-refractivity contribution in [1.29, 1.82) is 0 Å². The highest BCUT2D eigenvalue weighted by Gasteiger charge is 2.21. The lowest BCUT2D eigenvalue weighted by Gasteiger charge is -2.06. The molecule has 0 unspecified atom stereocenters. The van der Waals surface area contributed by atoms with Crippen LogP contribution in [0.1, 0.15) is 43.2 Å². The summed E-state index contributed by atoms with van der Waals surface area (Å²) in [7, 11) is 0. The molecule has 2 heterocycles. The fraction of sp³-hybridized carbons (Fsp3) is 0.107. The smallest absolute Gasteiger partial charge is 0.268 e. The molecule has 8 heteroatoms. The van der Waals surface area contributed by atoms with Crippen molar-refractivity contribution in [3.63, 3.8) is 0 Å². The van der Waals surface area contributed by atoms with E-state index in [1.54, 1.807) is 30.3 Å². The van der Waals surface area contributed by atoms with Crippen molar-refractivity contribution in [3.05, 3.63) is 110 Å². The molecule has 0 saturated carbocycles. The average Bonchev–Trinajstić information content (AvgIpc) is 3.43. The largest absolute Gasteiger partial charge is 0.354 e. The third-order valence-electron chi connectivity index (χ3n) is 6.12. The van der Waals surface area contributed by atoms with Crippen molar-refractivity contribution in [1.82, 2.24) is 20.3 Å². The standard InChI is InChI=1S/C28H22Cl2N4O2/c1-15-24(16(2)32-25(15)28(36)31-14-17-8-10-20(29)21(30)12-17)27-33-22-11-9-19(13-23(22)34-27)26(35)18-6-4-3-5-7-18/h3-13,32H,14H2,1-2H3,(H,31,36)(H,33,34). The van der Waals surface area contributed by atoms with Crippen molar-refractivity contribution in [2.24, 2.45) is 0 Å². The number of carbonyl (C=O) groups excluding carboxylic acids is 2. The summed E-state index contributed by atoms with van der Waals surface area (Å²) >= 11 is 12.0. The Bertz CT molecular complexity index is 1620. The number of benzene rings is 3. The molecule has 0 spiro atoms. The Morgan fingerprint density at radius 2 is 1.67 bits per heavy atom. The van der Waals surface area contributed by atoms with E-state index in [2.05, 4.69) is 15.3 Å². The minimum Gasteiger partial charge on any atom is -0.354 e. The molecule has 5 aromatic rings. The van der Waals surface area contributed by atoms with Gasteiger partial charge in [-0.2, -0.15) is 0 Å². The van der Waals surface area contributed by atoms with Crippen LogP contribution in [0.2, 0.25) is 10.0 Å². The van der Waals surface area contributed by atoms with Crippen LogP contribution in [0, 0.1) is 13.8 Å². The number of rotatable bonds is 6. The summed E-state index contributed by atoms with van der Waals surface area (Å²) in [5.74, 6) is 0.340. The first-order valence-corrected chi connectivity index (χ1v) is 12.1. The van der Waals surface area contributed by atoms with Gasteiger partial charge in [-0.15, -0.1) is 0 Å². The number of nitrogens with one attached hydrogen (secondary N) is 3. The number of hydrogen-bond acceptors (Lipinski definition) is 3. The number of fused-ring (bicyclic) bond motifs is 1. The molecule has 0 aliphatic rings. The van der Waals surface area contributed by atoms with Gasteiger partial charge in [0.25, 0.3) is 5.91 Å². The zero-order valence-corrected chi connectivity index (χ0v) is 21.1. The third-order valence-corrected chi connectivity index (χ3v) is 6.86. The van der Waals surface area contributed by atoms with Crippen molar-refractivity contribution < 1.29 is 9.59 Å². The molecule has 0 radical (unpaired) electrons. The molecule has 0 bridgehead atoms. The quantitative estimate of drug-likeness (QED) is 0.221. The summed E-state index contributed by atoms with van der Waals surface area (Å²) in [5.41, 5.74) is 6.41. The maximum Gasteiger partial charge on any atom is 0.268 e. The molecule has 3 aromatic carbocycles. The molecule has 3 N–H and O–H groups in total. The molecule has 0 aliphatic heterocycles. The lowest BCUT2D eigenvalue weighted by atomic mass is 10.0. The van der Waals surface area contributed by atoms with E-state index < -0.39 is 0 Å². The second kappa shape index (κ2) is 9.64. The molecule has 2 aromatic heterocycles. The van der Waals surface area contributed by atoms with E-state index in [0.29, 0.717) is 39.2 Å². The van der Waals surface area contributed by atoms with Crippen molar-refractivity contribution in [3.8, 4) is 11.4 Å². The average molecular weight is 517 g/mol. The van der Waals surface area contributed by atoms with Crippen LogP contribution in [0.5, 0.6) is 0 Å². The summed E-state index contributed by atoms with van der Waals surface area (Å²) in [6.07, 6.45) is 0. The molecule has 5 rings (SSSR count). The topological polar surface area (TPSA) is 90.6 Å². The minimum atomic E-state index is -0.236. The SMILES string of the molecule is Cc1[nH]c(C(=O)NCc2ccc(Cl)c(Cl)c2)c(C)c1-c1nc2ccc(C(=O)c3ccccc3)cc2[nH]1. The second-order valence-electron chi connectivity index (χ2n) is 8.57. The molecule has 0 saturated heterocycles. The molecular formula is C28H22Cl2N4O2. The number of amides is 1. The highest BCUT2D eigenvalue weighted by Crippen LogP contribution is 2.30. The lowest BCUT2D eigenvalue weighted by Crippen LogP contribution is -2.23. The van der Waals surface area contributed by atoms with Gasteiger partial charge in [-0.05, 0) is 55.3 Å². The zero-order valence-electron chi connectivity index (χ0n) is 19.6. The van der Waals surface area contributed by atoms with Crippen molar-refractivity contribution in [2.45, 2.75) is 20.4 Å². The van der Waals surface area contributed by atoms with Crippen LogP contribution in [-0.4, -0.2) is 26.6 Å². The predicted octanol–water partition coefficient (Wildman–Crippen LogP) is 6.64. The van der Waals surface area contributed by atoms with E-state index >= 15 is 0 Å². The van der Waals surface area contributed by atoms with Crippen LogP contribution < -0.4 is 5.32 Å². The van der Waals surface area contributed by atoms with E-state index in [0.717, 1.165) is 33.4 Å². The summed E-state index contributed by atoms with van der Waals surface area (Å²) in [6.45, 7) is 4.09. The molecular weight excluding hydrogens is 495 g/mol. The number of imidazole rings is 1. The number of hydrogen-bond donors (Lipinski definition) is 3. The summed E-state index contributed by atoms with van der Waals surface area (Å²) in [6, 6.07) is 19.8. The fourth-order valence-corrected chi connectivity index (χ4v) is 4.60. The second-order valence-corrected chi connectivity index (χ2v) is 9.38. The highest BCUT2D eigenvalue weighted by molar-refractivity contribution is 6.42. The fourth-order valence-electron chi connectivity index (χ4n) is 4.28. The Morgan fingerprint density at radius 1 is 0.889 bits per heavy atom. The van der Waals surface area contributed by atoms with Crippen LogP contribution in [0.3, 0.4) is 0 Å². The summed E-state index contributed by atoms with van der Waals surface area (Å²) < 4.78 is 0. The maximum absolute atomic E-state index is 12.9. The Hall–Kier alpha value is -3.87. The van der Waals surface area contributed by atoms with Gasteiger partial charge in [-0.3, -0.25) is 9.59 Å².